The van der Waals surface area contributed by atoms with Crippen LogP contribution in [-0.2, 0) is 28.2 Å². The van der Waals surface area contributed by atoms with Gasteiger partial charge < -0.3 is 24.4 Å². The zero-order valence-corrected chi connectivity index (χ0v) is 29.7. The molecule has 268 valence electrons. The maximum Gasteiger partial charge on any atom is 0.469 e. The monoisotopic (exact) mass is 680 g/mol. The van der Waals surface area contributed by atoms with Crippen molar-refractivity contribution in [3.63, 3.8) is 0 Å². The maximum atomic E-state index is 12.3. The summed E-state index contributed by atoms with van der Waals surface area (Å²) in [7, 11) is -4.78. The molecule has 47 heavy (non-hydrogen) atoms. The van der Waals surface area contributed by atoms with Gasteiger partial charge in [0.25, 0.3) is 0 Å². The number of hydrogen-bond acceptors (Lipinski definition) is 7. The third kappa shape index (κ3) is 34.6. The molecule has 2 atom stereocenters. The van der Waals surface area contributed by atoms with Crippen LogP contribution in [0.5, 0.6) is 0 Å². The molecule has 0 aromatic rings. The Morgan fingerprint density at radius 2 is 1.28 bits per heavy atom. The average molecular weight is 681 g/mol. The zero-order chi connectivity index (χ0) is 34.9. The van der Waals surface area contributed by atoms with E-state index >= 15 is 0 Å². The number of carbonyl (C=O) groups is 2. The second-order valence-electron chi connectivity index (χ2n) is 11.3. The lowest BCUT2D eigenvalue weighted by atomic mass is 10.1. The van der Waals surface area contributed by atoms with Gasteiger partial charge >= 0.3 is 19.8 Å². The van der Waals surface area contributed by atoms with E-state index in [9.17, 15) is 19.3 Å². The number of phosphoric ester groups is 1. The molecule has 0 aliphatic carbocycles. The van der Waals surface area contributed by atoms with E-state index in [1.165, 1.54) is 32.1 Å². The van der Waals surface area contributed by atoms with Crippen LogP contribution in [0.4, 0.5) is 0 Å². The van der Waals surface area contributed by atoms with Gasteiger partial charge in [-0.2, -0.15) is 0 Å². The first-order valence-corrected chi connectivity index (χ1v) is 18.9. The van der Waals surface area contributed by atoms with E-state index in [-0.39, 0.29) is 19.4 Å². The topological polar surface area (TPSA) is 140 Å². The quantitative estimate of drug-likeness (QED) is 0.0223. The molecule has 0 rings (SSSR count). The molecule has 0 saturated carbocycles. The van der Waals surface area contributed by atoms with E-state index in [4.69, 9.17) is 19.3 Å². The highest BCUT2D eigenvalue weighted by Gasteiger charge is 2.22. The molecular weight excluding hydrogens is 619 g/mol. The third-order valence-electron chi connectivity index (χ3n) is 6.83. The molecule has 0 aromatic carbocycles. The fraction of sp³-hybridized carbons (Fsp3) is 0.622. The van der Waals surface area contributed by atoms with Gasteiger partial charge in [0, 0.05) is 12.8 Å². The van der Waals surface area contributed by atoms with Gasteiger partial charge in [0.15, 0.2) is 6.10 Å². The fourth-order valence-corrected chi connectivity index (χ4v) is 4.61. The van der Waals surface area contributed by atoms with Crippen LogP contribution < -0.4 is 0 Å². The van der Waals surface area contributed by atoms with Gasteiger partial charge in [-0.25, -0.2) is 4.57 Å². The highest BCUT2D eigenvalue weighted by atomic mass is 31.2. The minimum absolute atomic E-state index is 0.0611. The molecule has 10 heteroatoms. The standard InChI is InChI=1S/C37H61O9P/c1-3-5-7-9-11-14-18-22-26-30-36(39)44-32-35(33-45-47(41,42)43)46-37(40)31-27-23-19-16-13-12-15-17-21-25-29-34(38)28-24-20-10-8-6-4-2/h6,8,12-13,17,19-21,23-25,29,34-35,38H,3-5,7,9-11,14-16,18,22,26-28,30-33H2,1-2H3,(H2,41,42,43)/b8-6-,13-12-,21-17-,23-19-,24-20-,29-25+/t34?,35-/m1/s1. The number of phosphoric acid groups is 1. The minimum atomic E-state index is -4.78. The van der Waals surface area contributed by atoms with Gasteiger partial charge in [0.2, 0.25) is 0 Å². The van der Waals surface area contributed by atoms with Crippen molar-refractivity contribution in [3.05, 3.63) is 72.9 Å². The summed E-state index contributed by atoms with van der Waals surface area (Å²) in [6.45, 7) is 3.38. The zero-order valence-electron chi connectivity index (χ0n) is 28.8. The van der Waals surface area contributed by atoms with Gasteiger partial charge in [-0.15, -0.1) is 0 Å². The fourth-order valence-electron chi connectivity index (χ4n) is 4.25. The van der Waals surface area contributed by atoms with Crippen molar-refractivity contribution in [2.75, 3.05) is 13.2 Å². The van der Waals surface area contributed by atoms with Crippen molar-refractivity contribution in [2.24, 2.45) is 0 Å². The van der Waals surface area contributed by atoms with Crippen molar-refractivity contribution >= 4 is 19.8 Å². The Balaban J connectivity index is 4.24. The van der Waals surface area contributed by atoms with E-state index in [1.807, 2.05) is 48.6 Å². The molecular formula is C37H61O9P. The van der Waals surface area contributed by atoms with Gasteiger partial charge in [-0.3, -0.25) is 14.1 Å². The molecule has 0 heterocycles. The average Bonchev–Trinajstić information content (AvgIpc) is 3.03. The van der Waals surface area contributed by atoms with Crippen LogP contribution >= 0.6 is 7.82 Å². The van der Waals surface area contributed by atoms with Crippen LogP contribution in [0.1, 0.15) is 123 Å². The van der Waals surface area contributed by atoms with Crippen LogP contribution in [-0.4, -0.2) is 52.3 Å². The Kier molecular flexibility index (Phi) is 30.3. The molecule has 0 aromatic heterocycles. The van der Waals surface area contributed by atoms with Crippen LogP contribution in [0, 0.1) is 0 Å². The molecule has 0 bridgehead atoms. The predicted molar refractivity (Wildman–Crippen MR) is 190 cm³/mol. The summed E-state index contributed by atoms with van der Waals surface area (Å²) in [5, 5.41) is 9.94. The van der Waals surface area contributed by atoms with Gasteiger partial charge in [0.1, 0.15) is 6.61 Å². The van der Waals surface area contributed by atoms with E-state index in [2.05, 4.69) is 36.6 Å². The summed E-state index contributed by atoms with van der Waals surface area (Å²) in [6, 6.07) is 0. The molecule has 3 N–H and O–H groups in total. The Morgan fingerprint density at radius 1 is 0.681 bits per heavy atom. The van der Waals surface area contributed by atoms with E-state index in [0.29, 0.717) is 25.7 Å². The normalized spacial score (nSPS) is 14.1. The Bertz CT molecular complexity index is 1010. The maximum absolute atomic E-state index is 12.3. The van der Waals surface area contributed by atoms with E-state index in [1.54, 1.807) is 6.08 Å². The largest absolute Gasteiger partial charge is 0.469 e. The Morgan fingerprint density at radius 3 is 1.94 bits per heavy atom. The molecule has 0 aliphatic rings. The summed E-state index contributed by atoms with van der Waals surface area (Å²) in [6.07, 6.45) is 36.8. The number of esters is 2. The lowest BCUT2D eigenvalue weighted by Crippen LogP contribution is -2.29. The van der Waals surface area contributed by atoms with Crippen molar-refractivity contribution in [3.8, 4) is 0 Å². The highest BCUT2D eigenvalue weighted by molar-refractivity contribution is 7.46. The number of allylic oxidation sites excluding steroid dienone is 10. The smallest absolute Gasteiger partial charge is 0.462 e. The number of hydrogen-bond donors (Lipinski definition) is 3. The van der Waals surface area contributed by atoms with Crippen molar-refractivity contribution in [2.45, 2.75) is 135 Å². The first kappa shape index (κ1) is 44.5. The number of aliphatic hydroxyl groups is 1. The van der Waals surface area contributed by atoms with Crippen molar-refractivity contribution in [1.82, 2.24) is 0 Å². The molecule has 0 spiro atoms. The van der Waals surface area contributed by atoms with Crippen LogP contribution in [0.25, 0.3) is 0 Å². The lowest BCUT2D eigenvalue weighted by Gasteiger charge is -2.18. The first-order chi connectivity index (χ1) is 22.7. The molecule has 0 amide bonds. The third-order valence-corrected chi connectivity index (χ3v) is 7.32. The van der Waals surface area contributed by atoms with Gasteiger partial charge in [0.05, 0.1) is 12.7 Å². The van der Waals surface area contributed by atoms with Crippen LogP contribution in [0.2, 0.25) is 0 Å². The SMILES string of the molecule is CC/C=C\C/C=C\CC(O)/C=C/C=C\C/C=C\C/C=C\CCC(=O)O[C@H](COC(=O)CCCCCCCCCCC)COP(=O)(O)O. The van der Waals surface area contributed by atoms with Crippen LogP contribution in [0.15, 0.2) is 72.9 Å². The number of ether oxygens (including phenoxy) is 2. The minimum Gasteiger partial charge on any atom is -0.462 e. The van der Waals surface area contributed by atoms with E-state index in [0.717, 1.165) is 38.5 Å². The van der Waals surface area contributed by atoms with Crippen LogP contribution in [0.3, 0.4) is 0 Å². The summed E-state index contributed by atoms with van der Waals surface area (Å²) in [5.74, 6) is -1.02. The van der Waals surface area contributed by atoms with Gasteiger partial charge in [-0.05, 0) is 44.9 Å². The van der Waals surface area contributed by atoms with Crippen molar-refractivity contribution < 1.29 is 43.0 Å². The van der Waals surface area contributed by atoms with Crippen molar-refractivity contribution in [1.29, 1.82) is 0 Å². The number of unbranched alkanes of at least 4 members (excludes halogenated alkanes) is 8. The second-order valence-corrected chi connectivity index (χ2v) is 12.6. The lowest BCUT2D eigenvalue weighted by molar-refractivity contribution is -0.161. The molecule has 0 aliphatic heterocycles. The molecule has 0 radical (unpaired) electrons. The first-order valence-electron chi connectivity index (χ1n) is 17.3. The Hall–Kier alpha value is -2.55. The Labute approximate surface area is 283 Å². The summed E-state index contributed by atoms with van der Waals surface area (Å²) in [5.41, 5.74) is 0. The number of carbonyl (C=O) groups excluding carboxylic acids is 2. The summed E-state index contributed by atoms with van der Waals surface area (Å²) < 4.78 is 26.1. The molecule has 0 saturated heterocycles. The summed E-state index contributed by atoms with van der Waals surface area (Å²) in [4.78, 5) is 42.4. The number of aliphatic hydroxyl groups excluding tert-OH is 1. The summed E-state index contributed by atoms with van der Waals surface area (Å²) >= 11 is 0. The molecule has 1 unspecified atom stereocenters. The second kappa shape index (κ2) is 32.0. The molecule has 9 nitrogen and oxygen atoms in total. The predicted octanol–water partition coefficient (Wildman–Crippen LogP) is 8.92. The van der Waals surface area contributed by atoms with E-state index < -0.39 is 38.6 Å². The number of rotatable bonds is 30. The van der Waals surface area contributed by atoms with Gasteiger partial charge in [-0.1, -0.05) is 138 Å². The highest BCUT2D eigenvalue weighted by Crippen LogP contribution is 2.35. The molecule has 0 fully saturated rings.